The van der Waals surface area contributed by atoms with Gasteiger partial charge in [0.2, 0.25) is 0 Å². The second-order valence-corrected chi connectivity index (χ2v) is 4.31. The molecule has 0 aliphatic rings. The van der Waals surface area contributed by atoms with E-state index in [-0.39, 0.29) is 17.6 Å². The Balaban J connectivity index is 2.44. The van der Waals surface area contributed by atoms with Gasteiger partial charge in [-0.2, -0.15) is 4.98 Å². The van der Waals surface area contributed by atoms with E-state index in [1.807, 2.05) is 19.9 Å². The Kier molecular flexibility index (Phi) is 3.55. The van der Waals surface area contributed by atoms with Gasteiger partial charge < -0.3 is 14.5 Å². The number of benzene rings is 1. The van der Waals surface area contributed by atoms with Gasteiger partial charge in [-0.1, -0.05) is 18.7 Å². The van der Waals surface area contributed by atoms with Crippen molar-refractivity contribution < 1.29 is 9.15 Å². The summed E-state index contributed by atoms with van der Waals surface area (Å²) in [5, 5.41) is 3.43. The third-order valence-corrected chi connectivity index (χ3v) is 2.93. The van der Waals surface area contributed by atoms with Gasteiger partial charge in [-0.15, -0.1) is 0 Å². The average molecular weight is 260 g/mol. The molecule has 5 heteroatoms. The summed E-state index contributed by atoms with van der Waals surface area (Å²) < 4.78 is 10.6. The van der Waals surface area contributed by atoms with Crippen LogP contribution in [0.5, 0.6) is 0 Å². The lowest BCUT2D eigenvalue weighted by Gasteiger charge is -2.15. The predicted octanol–water partition coefficient (Wildman–Crippen LogP) is 2.46. The van der Waals surface area contributed by atoms with Gasteiger partial charge in [0.1, 0.15) is 11.3 Å². The number of aryl methyl sites for hydroxylation is 1. The molecule has 1 N–H and O–H groups in total. The van der Waals surface area contributed by atoms with E-state index in [9.17, 15) is 4.79 Å². The van der Waals surface area contributed by atoms with Crippen LogP contribution in [0, 0.1) is 6.92 Å². The molecule has 0 aliphatic carbocycles. The van der Waals surface area contributed by atoms with Crippen LogP contribution in [0.1, 0.15) is 12.5 Å². The molecule has 0 saturated carbocycles. The van der Waals surface area contributed by atoms with Gasteiger partial charge in [0.15, 0.2) is 0 Å². The van der Waals surface area contributed by atoms with Crippen molar-refractivity contribution in [2.45, 2.75) is 19.9 Å². The molecule has 1 atom stereocenters. The van der Waals surface area contributed by atoms with Crippen LogP contribution in [-0.2, 0) is 4.74 Å². The highest BCUT2D eigenvalue weighted by Crippen LogP contribution is 2.18. The zero-order valence-corrected chi connectivity index (χ0v) is 11.2. The standard InChI is InChI=1S/C14H16N2O3/c1-8-6-5-7-11-12(8)19-14(16-13(11)17)15-9(2)10(3)18-4/h5-7,9H,3H2,1-2,4H3,(H,15,16,17). The molecule has 0 bridgehead atoms. The molecule has 100 valence electrons. The van der Waals surface area contributed by atoms with Crippen molar-refractivity contribution in [3.8, 4) is 0 Å². The summed E-state index contributed by atoms with van der Waals surface area (Å²) in [4.78, 5) is 15.8. The van der Waals surface area contributed by atoms with Gasteiger partial charge in [-0.25, -0.2) is 0 Å². The van der Waals surface area contributed by atoms with Gasteiger partial charge in [0.05, 0.1) is 18.5 Å². The Hall–Kier alpha value is -2.30. The van der Waals surface area contributed by atoms with E-state index < -0.39 is 0 Å². The van der Waals surface area contributed by atoms with Crippen molar-refractivity contribution in [3.63, 3.8) is 0 Å². The predicted molar refractivity (Wildman–Crippen MR) is 74.2 cm³/mol. The molecule has 5 nitrogen and oxygen atoms in total. The maximum atomic E-state index is 11.9. The number of methoxy groups -OCH3 is 1. The van der Waals surface area contributed by atoms with E-state index in [0.717, 1.165) is 5.56 Å². The molecule has 19 heavy (non-hydrogen) atoms. The second kappa shape index (κ2) is 5.14. The summed E-state index contributed by atoms with van der Waals surface area (Å²) in [5.41, 5.74) is 1.11. The molecule has 0 amide bonds. The van der Waals surface area contributed by atoms with Crippen LogP contribution in [0.3, 0.4) is 0 Å². The Bertz CT molecular complexity index is 676. The number of anilines is 1. The van der Waals surface area contributed by atoms with E-state index in [2.05, 4.69) is 16.9 Å². The van der Waals surface area contributed by atoms with Crippen molar-refractivity contribution in [2.75, 3.05) is 12.4 Å². The van der Waals surface area contributed by atoms with Gasteiger partial charge in [0, 0.05) is 0 Å². The first-order valence-corrected chi connectivity index (χ1v) is 5.92. The Morgan fingerprint density at radius 2 is 2.26 bits per heavy atom. The Morgan fingerprint density at radius 3 is 2.95 bits per heavy atom. The van der Waals surface area contributed by atoms with Crippen molar-refractivity contribution >= 4 is 17.0 Å². The van der Waals surface area contributed by atoms with Crippen LogP contribution in [0.15, 0.2) is 39.7 Å². The number of hydrogen-bond acceptors (Lipinski definition) is 5. The van der Waals surface area contributed by atoms with Crippen molar-refractivity contribution in [3.05, 3.63) is 46.5 Å². The first kappa shape index (κ1) is 13.1. The number of hydrogen-bond donors (Lipinski definition) is 1. The molecule has 2 rings (SSSR count). The third kappa shape index (κ3) is 2.59. The Labute approximate surface area is 110 Å². The molecular weight excluding hydrogens is 244 g/mol. The summed E-state index contributed by atoms with van der Waals surface area (Å²) in [6.07, 6.45) is 0. The summed E-state index contributed by atoms with van der Waals surface area (Å²) in [7, 11) is 1.54. The zero-order chi connectivity index (χ0) is 14.0. The average Bonchev–Trinajstić information content (AvgIpc) is 2.39. The van der Waals surface area contributed by atoms with E-state index >= 15 is 0 Å². The highest BCUT2D eigenvalue weighted by atomic mass is 16.5. The van der Waals surface area contributed by atoms with E-state index in [0.29, 0.717) is 16.7 Å². The van der Waals surface area contributed by atoms with Crippen LogP contribution in [0.2, 0.25) is 0 Å². The first-order valence-electron chi connectivity index (χ1n) is 5.92. The van der Waals surface area contributed by atoms with E-state index in [1.165, 1.54) is 7.11 Å². The number of ether oxygens (including phenoxy) is 1. The van der Waals surface area contributed by atoms with Crippen LogP contribution in [-0.4, -0.2) is 18.1 Å². The fourth-order valence-electron chi connectivity index (χ4n) is 1.73. The van der Waals surface area contributed by atoms with Crippen molar-refractivity contribution in [1.29, 1.82) is 0 Å². The minimum atomic E-state index is -0.317. The molecule has 0 spiro atoms. The smallest absolute Gasteiger partial charge is 0.299 e. The fourth-order valence-corrected chi connectivity index (χ4v) is 1.73. The normalized spacial score (nSPS) is 12.2. The third-order valence-electron chi connectivity index (χ3n) is 2.93. The van der Waals surface area contributed by atoms with Gasteiger partial charge in [-0.3, -0.25) is 4.79 Å². The lowest BCUT2D eigenvalue weighted by atomic mass is 10.2. The monoisotopic (exact) mass is 260 g/mol. The number of aromatic nitrogens is 1. The summed E-state index contributed by atoms with van der Waals surface area (Å²) in [6.45, 7) is 7.46. The minimum Gasteiger partial charge on any atom is -0.500 e. The SMILES string of the molecule is C=C(OC)C(C)Nc1nc(=O)c2cccc(C)c2o1. The van der Waals surface area contributed by atoms with Crippen molar-refractivity contribution in [2.24, 2.45) is 0 Å². The number of fused-ring (bicyclic) bond motifs is 1. The highest BCUT2D eigenvalue weighted by Gasteiger charge is 2.12. The molecule has 0 fully saturated rings. The molecule has 1 unspecified atom stereocenters. The van der Waals surface area contributed by atoms with Crippen LogP contribution >= 0.6 is 0 Å². The molecule has 1 aromatic heterocycles. The maximum Gasteiger partial charge on any atom is 0.299 e. The lowest BCUT2D eigenvalue weighted by molar-refractivity contribution is 0.274. The van der Waals surface area contributed by atoms with Gasteiger partial charge >= 0.3 is 0 Å². The molecule has 1 heterocycles. The van der Waals surface area contributed by atoms with Crippen molar-refractivity contribution in [1.82, 2.24) is 4.98 Å². The molecule has 1 aromatic carbocycles. The summed E-state index contributed by atoms with van der Waals surface area (Å²) in [6, 6.07) is 5.34. The van der Waals surface area contributed by atoms with E-state index in [1.54, 1.807) is 12.1 Å². The number of rotatable bonds is 4. The summed E-state index contributed by atoms with van der Waals surface area (Å²) in [5.74, 6) is 0.536. The number of nitrogens with zero attached hydrogens (tertiary/aromatic N) is 1. The summed E-state index contributed by atoms with van der Waals surface area (Å²) >= 11 is 0. The lowest BCUT2D eigenvalue weighted by Crippen LogP contribution is -2.21. The number of nitrogens with one attached hydrogen (secondary N) is 1. The largest absolute Gasteiger partial charge is 0.500 e. The molecule has 2 aromatic rings. The van der Waals surface area contributed by atoms with Gasteiger partial charge in [-0.05, 0) is 25.5 Å². The van der Waals surface area contributed by atoms with Crippen LogP contribution in [0.25, 0.3) is 11.0 Å². The van der Waals surface area contributed by atoms with Gasteiger partial charge in [0.25, 0.3) is 11.6 Å². The highest BCUT2D eigenvalue weighted by molar-refractivity contribution is 5.79. The zero-order valence-electron chi connectivity index (χ0n) is 11.2. The molecule has 0 saturated heterocycles. The second-order valence-electron chi connectivity index (χ2n) is 4.31. The van der Waals surface area contributed by atoms with Crippen LogP contribution in [0.4, 0.5) is 6.01 Å². The Morgan fingerprint density at radius 1 is 1.53 bits per heavy atom. The van der Waals surface area contributed by atoms with E-state index in [4.69, 9.17) is 9.15 Å². The maximum absolute atomic E-state index is 11.9. The molecule has 0 radical (unpaired) electrons. The number of para-hydroxylation sites is 1. The van der Waals surface area contributed by atoms with Crippen LogP contribution < -0.4 is 10.9 Å². The molecule has 0 aliphatic heterocycles. The minimum absolute atomic E-state index is 0.164. The fraction of sp³-hybridized carbons (Fsp3) is 0.286. The quantitative estimate of drug-likeness (QED) is 0.855. The molecular formula is C14H16N2O3. The first-order chi connectivity index (χ1) is 9.02. The topological polar surface area (TPSA) is 64.4 Å².